The van der Waals surface area contributed by atoms with Crippen molar-refractivity contribution >= 4 is 0 Å². The molecule has 0 saturated carbocycles. The van der Waals surface area contributed by atoms with Gasteiger partial charge in [-0.2, -0.15) is 0 Å². The first-order valence-electron chi connectivity index (χ1n) is 3.80. The van der Waals surface area contributed by atoms with Crippen molar-refractivity contribution in [2.24, 2.45) is 0 Å². The highest BCUT2D eigenvalue weighted by Gasteiger charge is 2.05. The van der Waals surface area contributed by atoms with E-state index in [0.717, 1.165) is 11.1 Å². The van der Waals surface area contributed by atoms with Gasteiger partial charge < -0.3 is 0 Å². The molecule has 0 fully saturated rings. The van der Waals surface area contributed by atoms with Crippen LogP contribution in [-0.4, -0.2) is 0 Å². The number of hydrogen-bond donors (Lipinski definition) is 0. The van der Waals surface area contributed by atoms with E-state index in [4.69, 9.17) is 0 Å². The molecular weight excluding hydrogens is 139 g/mol. The molecule has 0 aliphatic heterocycles. The van der Waals surface area contributed by atoms with Gasteiger partial charge in [0.1, 0.15) is 6.17 Å². The highest BCUT2D eigenvalue weighted by Crippen LogP contribution is 2.20. The molecule has 0 bridgehead atoms. The summed E-state index contributed by atoms with van der Waals surface area (Å²) in [7, 11) is 0. The van der Waals surface area contributed by atoms with E-state index in [9.17, 15) is 4.39 Å². The van der Waals surface area contributed by atoms with Crippen LogP contribution >= 0.6 is 0 Å². The first-order chi connectivity index (χ1) is 5.24. The maximum Gasteiger partial charge on any atom is 0.125 e. The predicted octanol–water partition coefficient (Wildman–Crippen LogP) is 3.29. The van der Waals surface area contributed by atoms with Crippen LogP contribution in [-0.2, 0) is 0 Å². The van der Waals surface area contributed by atoms with Crippen LogP contribution in [0.1, 0.15) is 30.6 Å². The van der Waals surface area contributed by atoms with Crippen LogP contribution in [0.4, 0.5) is 4.39 Å². The third kappa shape index (κ3) is 2.04. The van der Waals surface area contributed by atoms with E-state index in [-0.39, 0.29) is 0 Å². The van der Waals surface area contributed by atoms with Crippen molar-refractivity contribution in [2.45, 2.75) is 19.5 Å². The molecule has 0 aromatic heterocycles. The minimum Gasteiger partial charge on any atom is -0.242 e. The minimum absolute atomic E-state index is 0.531. The molecule has 0 N–H and O–H groups in total. The van der Waals surface area contributed by atoms with Crippen LogP contribution in [0.25, 0.3) is 0 Å². The first kappa shape index (κ1) is 8.25. The monoisotopic (exact) mass is 151 g/mol. The smallest absolute Gasteiger partial charge is 0.125 e. The first-order valence-corrected chi connectivity index (χ1v) is 3.80. The molecule has 59 valence electrons. The molecule has 0 aliphatic carbocycles. The quantitative estimate of drug-likeness (QED) is 0.608. The summed E-state index contributed by atoms with van der Waals surface area (Å²) in [5.41, 5.74) is 1.61. The molecule has 1 atom stereocenters. The zero-order valence-electron chi connectivity index (χ0n) is 6.68. The largest absolute Gasteiger partial charge is 0.242 e. The molecule has 1 rings (SSSR count). The lowest BCUT2D eigenvalue weighted by Gasteiger charge is -2.05. The Labute approximate surface area is 67.1 Å². The number of alkyl halides is 1. The van der Waals surface area contributed by atoms with Crippen molar-refractivity contribution in [1.82, 2.24) is 0 Å². The Bertz CT molecular complexity index is 230. The lowest BCUT2D eigenvalue weighted by molar-refractivity contribution is 0.334. The van der Waals surface area contributed by atoms with Crippen molar-refractivity contribution in [3.63, 3.8) is 0 Å². The summed E-state index contributed by atoms with van der Waals surface area (Å²) in [4.78, 5) is 0. The van der Waals surface area contributed by atoms with E-state index in [0.29, 0.717) is 6.42 Å². The van der Waals surface area contributed by atoms with Gasteiger partial charge in [0.2, 0.25) is 0 Å². The summed E-state index contributed by atoms with van der Waals surface area (Å²) in [5.74, 6) is 0. The van der Waals surface area contributed by atoms with Crippen molar-refractivity contribution in [2.75, 3.05) is 0 Å². The van der Waals surface area contributed by atoms with Gasteiger partial charge in [0.05, 0.1) is 0 Å². The van der Waals surface area contributed by atoms with Crippen molar-refractivity contribution in [3.8, 4) is 0 Å². The van der Waals surface area contributed by atoms with Gasteiger partial charge in [-0.1, -0.05) is 31.2 Å². The molecule has 11 heavy (non-hydrogen) atoms. The van der Waals surface area contributed by atoms with Gasteiger partial charge >= 0.3 is 0 Å². The Morgan fingerprint density at radius 1 is 1.55 bits per heavy atom. The van der Waals surface area contributed by atoms with Crippen molar-refractivity contribution in [3.05, 3.63) is 42.3 Å². The van der Waals surface area contributed by atoms with Gasteiger partial charge in [-0.15, -0.1) is 0 Å². The maximum atomic E-state index is 13.0. The molecular formula is C10H12F. The number of halogens is 1. The van der Waals surface area contributed by atoms with Crippen LogP contribution in [0.5, 0.6) is 0 Å². The Balaban J connectivity index is 2.86. The fourth-order valence-corrected chi connectivity index (χ4v) is 1.02. The molecule has 1 radical (unpaired) electrons. The van der Waals surface area contributed by atoms with Crippen LogP contribution in [0.2, 0.25) is 0 Å². The van der Waals surface area contributed by atoms with Gasteiger partial charge in [0.15, 0.2) is 0 Å². The summed E-state index contributed by atoms with van der Waals surface area (Å²) in [5, 5.41) is 0. The van der Waals surface area contributed by atoms with E-state index >= 15 is 0 Å². The van der Waals surface area contributed by atoms with E-state index < -0.39 is 6.17 Å². The van der Waals surface area contributed by atoms with Gasteiger partial charge in [-0.3, -0.25) is 0 Å². The van der Waals surface area contributed by atoms with Crippen molar-refractivity contribution in [1.29, 1.82) is 0 Å². The Hall–Kier alpha value is -0.850. The molecule has 0 heterocycles. The fourth-order valence-electron chi connectivity index (χ4n) is 1.02. The molecule has 0 aliphatic rings. The summed E-state index contributed by atoms with van der Waals surface area (Å²) < 4.78 is 13.0. The minimum atomic E-state index is -0.836. The Kier molecular flexibility index (Phi) is 2.64. The van der Waals surface area contributed by atoms with Gasteiger partial charge in [0, 0.05) is 0 Å². The lowest BCUT2D eigenvalue weighted by Crippen LogP contribution is -1.88. The van der Waals surface area contributed by atoms with E-state index in [1.165, 1.54) is 0 Å². The second-order valence-corrected chi connectivity index (χ2v) is 2.62. The SMILES string of the molecule is [CH2]c1cccc(C(F)CC)c1. The van der Waals surface area contributed by atoms with Gasteiger partial charge in [-0.25, -0.2) is 4.39 Å². The maximum absolute atomic E-state index is 13.0. The number of rotatable bonds is 2. The normalized spacial score (nSPS) is 13.0. The zero-order valence-corrected chi connectivity index (χ0v) is 6.68. The summed E-state index contributed by atoms with van der Waals surface area (Å²) in [6.45, 7) is 5.56. The lowest BCUT2D eigenvalue weighted by atomic mass is 10.1. The topological polar surface area (TPSA) is 0 Å². The average Bonchev–Trinajstić information content (AvgIpc) is 2.03. The molecule has 0 nitrogen and oxygen atoms in total. The van der Waals surface area contributed by atoms with Crippen LogP contribution in [0.3, 0.4) is 0 Å². The highest BCUT2D eigenvalue weighted by atomic mass is 19.1. The highest BCUT2D eigenvalue weighted by molar-refractivity contribution is 5.26. The second-order valence-electron chi connectivity index (χ2n) is 2.62. The van der Waals surface area contributed by atoms with Crippen LogP contribution < -0.4 is 0 Å². The second kappa shape index (κ2) is 3.51. The fraction of sp³-hybridized carbons (Fsp3) is 0.300. The molecule has 1 heteroatoms. The summed E-state index contributed by atoms with van der Waals surface area (Å²) in [6.07, 6.45) is -0.305. The predicted molar refractivity (Wildman–Crippen MR) is 45.0 cm³/mol. The molecule has 0 saturated heterocycles. The molecule has 0 spiro atoms. The van der Waals surface area contributed by atoms with Gasteiger partial charge in [0.25, 0.3) is 0 Å². The van der Waals surface area contributed by atoms with E-state index in [2.05, 4.69) is 6.92 Å². The third-order valence-electron chi connectivity index (χ3n) is 1.67. The van der Waals surface area contributed by atoms with E-state index in [1.807, 2.05) is 19.1 Å². The van der Waals surface area contributed by atoms with Crippen molar-refractivity contribution < 1.29 is 4.39 Å². The Morgan fingerprint density at radius 3 is 2.82 bits per heavy atom. The van der Waals surface area contributed by atoms with E-state index in [1.54, 1.807) is 12.1 Å². The van der Waals surface area contributed by atoms with Gasteiger partial charge in [-0.05, 0) is 24.5 Å². The zero-order chi connectivity index (χ0) is 8.27. The molecule has 1 unspecified atom stereocenters. The summed E-state index contributed by atoms with van der Waals surface area (Å²) >= 11 is 0. The number of hydrogen-bond acceptors (Lipinski definition) is 0. The molecule has 0 amide bonds. The van der Waals surface area contributed by atoms with Crippen LogP contribution in [0, 0.1) is 6.92 Å². The average molecular weight is 151 g/mol. The standard InChI is InChI=1S/C10H12F/c1-3-10(11)9-6-4-5-8(2)7-9/h4-7,10H,2-3H2,1H3. The van der Waals surface area contributed by atoms with Crippen LogP contribution in [0.15, 0.2) is 24.3 Å². The Morgan fingerprint density at radius 2 is 2.27 bits per heavy atom. The molecule has 1 aromatic rings. The molecule has 1 aromatic carbocycles. The summed E-state index contributed by atoms with van der Waals surface area (Å²) in [6, 6.07) is 7.28. The third-order valence-corrected chi connectivity index (χ3v) is 1.67. The number of benzene rings is 1.